The number of aliphatic hydroxyl groups is 1. The number of esters is 1. The van der Waals surface area contributed by atoms with E-state index in [0.717, 1.165) is 0 Å². The molecule has 2 N–H and O–H groups in total. The summed E-state index contributed by atoms with van der Waals surface area (Å²) in [5.41, 5.74) is 0.00565. The number of aliphatic hydroxyl groups excluding tert-OH is 1. The Morgan fingerprint density at radius 1 is 1.56 bits per heavy atom. The molecule has 0 fully saturated rings. The van der Waals surface area contributed by atoms with Gasteiger partial charge in [0, 0.05) is 5.56 Å². The predicted octanol–water partition coefficient (Wildman–Crippen LogP) is 0.933. The summed E-state index contributed by atoms with van der Waals surface area (Å²) in [7, 11) is 0. The molecule has 0 unspecified atom stereocenters. The summed E-state index contributed by atoms with van der Waals surface area (Å²) in [5, 5.41) is 27.4. The van der Waals surface area contributed by atoms with Gasteiger partial charge in [-0.15, -0.1) is 0 Å². The molecule has 0 amide bonds. The fourth-order valence-electron chi connectivity index (χ4n) is 1.26. The van der Waals surface area contributed by atoms with Crippen LogP contribution in [0.3, 0.4) is 0 Å². The first-order valence-corrected chi connectivity index (χ1v) is 4.68. The van der Waals surface area contributed by atoms with Gasteiger partial charge in [-0.1, -0.05) is 6.07 Å². The van der Waals surface area contributed by atoms with E-state index >= 15 is 0 Å². The monoisotopic (exact) mass is 221 g/mol. The molecule has 0 saturated carbocycles. The van der Waals surface area contributed by atoms with Crippen molar-refractivity contribution in [3.63, 3.8) is 0 Å². The maximum atomic E-state index is 11.5. The van der Waals surface area contributed by atoms with Crippen LogP contribution in [0.15, 0.2) is 12.1 Å². The number of benzene rings is 1. The highest BCUT2D eigenvalue weighted by molar-refractivity contribution is 5.95. The Morgan fingerprint density at radius 2 is 2.25 bits per heavy atom. The number of phenols is 1. The van der Waals surface area contributed by atoms with E-state index in [1.54, 1.807) is 13.0 Å². The molecular weight excluding hydrogens is 210 g/mol. The number of rotatable bonds is 3. The van der Waals surface area contributed by atoms with Crippen LogP contribution in [0.25, 0.3) is 0 Å². The Hall–Kier alpha value is -2.06. The Kier molecular flexibility index (Phi) is 3.86. The van der Waals surface area contributed by atoms with Crippen molar-refractivity contribution < 1.29 is 19.7 Å². The van der Waals surface area contributed by atoms with Crippen molar-refractivity contribution in [3.8, 4) is 11.8 Å². The standard InChI is InChI=1S/C11H11NO4/c1-2-16-11(15)9-7(5-12)3-4-8(6-13)10(9)14/h3-4,13-14H,2,6H2,1H3. The first-order chi connectivity index (χ1) is 7.65. The van der Waals surface area contributed by atoms with E-state index in [0.29, 0.717) is 0 Å². The zero-order chi connectivity index (χ0) is 12.1. The number of ether oxygens (including phenoxy) is 1. The van der Waals surface area contributed by atoms with Gasteiger partial charge in [0.25, 0.3) is 0 Å². The van der Waals surface area contributed by atoms with Crippen LogP contribution in [0.1, 0.15) is 28.4 Å². The van der Waals surface area contributed by atoms with Crippen LogP contribution in [0.4, 0.5) is 0 Å². The van der Waals surface area contributed by atoms with Gasteiger partial charge in [-0.05, 0) is 13.0 Å². The van der Waals surface area contributed by atoms with Gasteiger partial charge in [0.2, 0.25) is 0 Å². The highest BCUT2D eigenvalue weighted by Gasteiger charge is 2.20. The minimum absolute atomic E-state index is 0.0214. The lowest BCUT2D eigenvalue weighted by Gasteiger charge is -2.09. The van der Waals surface area contributed by atoms with Gasteiger partial charge >= 0.3 is 5.97 Å². The van der Waals surface area contributed by atoms with Crippen molar-refractivity contribution >= 4 is 5.97 Å². The molecule has 16 heavy (non-hydrogen) atoms. The van der Waals surface area contributed by atoms with E-state index in [1.165, 1.54) is 12.1 Å². The van der Waals surface area contributed by atoms with E-state index in [9.17, 15) is 9.90 Å². The van der Waals surface area contributed by atoms with Gasteiger partial charge in [0.05, 0.1) is 18.8 Å². The third kappa shape index (κ3) is 2.12. The van der Waals surface area contributed by atoms with Crippen molar-refractivity contribution in [3.05, 3.63) is 28.8 Å². The quantitative estimate of drug-likeness (QED) is 0.741. The van der Waals surface area contributed by atoms with Crippen molar-refractivity contribution in [1.29, 1.82) is 5.26 Å². The first kappa shape index (κ1) is 12.0. The van der Waals surface area contributed by atoms with Crippen LogP contribution in [0.2, 0.25) is 0 Å². The average molecular weight is 221 g/mol. The van der Waals surface area contributed by atoms with Crippen LogP contribution in [0.5, 0.6) is 5.75 Å². The molecular formula is C11H11NO4. The van der Waals surface area contributed by atoms with Crippen LogP contribution >= 0.6 is 0 Å². The van der Waals surface area contributed by atoms with Gasteiger partial charge in [-0.25, -0.2) is 4.79 Å². The summed E-state index contributed by atoms with van der Waals surface area (Å²) in [4.78, 5) is 11.5. The highest BCUT2D eigenvalue weighted by atomic mass is 16.5. The molecule has 0 heterocycles. The van der Waals surface area contributed by atoms with Gasteiger partial charge in [0.15, 0.2) is 0 Å². The van der Waals surface area contributed by atoms with E-state index in [4.69, 9.17) is 15.1 Å². The molecule has 0 bridgehead atoms. The molecule has 1 rings (SSSR count). The number of nitrogens with zero attached hydrogens (tertiary/aromatic N) is 1. The number of carbonyl (C=O) groups is 1. The molecule has 5 nitrogen and oxygen atoms in total. The topological polar surface area (TPSA) is 90.6 Å². The second kappa shape index (κ2) is 5.14. The van der Waals surface area contributed by atoms with Crippen LogP contribution in [-0.2, 0) is 11.3 Å². The molecule has 1 aromatic rings. The molecule has 5 heteroatoms. The molecule has 0 aliphatic heterocycles. The molecule has 0 atom stereocenters. The first-order valence-electron chi connectivity index (χ1n) is 4.68. The Bertz CT molecular complexity index is 448. The summed E-state index contributed by atoms with van der Waals surface area (Å²) in [6, 6.07) is 4.53. The fraction of sp³-hybridized carbons (Fsp3) is 0.273. The van der Waals surface area contributed by atoms with Crippen LogP contribution in [0, 0.1) is 11.3 Å². The zero-order valence-electron chi connectivity index (χ0n) is 8.73. The van der Waals surface area contributed by atoms with Gasteiger partial charge in [0.1, 0.15) is 17.4 Å². The normalized spacial score (nSPS) is 9.56. The van der Waals surface area contributed by atoms with Crippen LogP contribution in [-0.4, -0.2) is 22.8 Å². The second-order valence-electron chi connectivity index (χ2n) is 2.99. The molecule has 0 spiro atoms. The minimum atomic E-state index is -0.771. The second-order valence-corrected chi connectivity index (χ2v) is 2.99. The summed E-state index contributed by atoms with van der Waals surface area (Å²) in [6.45, 7) is 1.35. The number of carbonyl (C=O) groups excluding carboxylic acids is 1. The van der Waals surface area contributed by atoms with Crippen molar-refractivity contribution in [2.45, 2.75) is 13.5 Å². The molecule has 0 aliphatic rings. The van der Waals surface area contributed by atoms with Gasteiger partial charge < -0.3 is 14.9 Å². The smallest absolute Gasteiger partial charge is 0.343 e. The van der Waals surface area contributed by atoms with Crippen LogP contribution < -0.4 is 0 Å². The Balaban J connectivity index is 3.33. The molecule has 0 aliphatic carbocycles. The van der Waals surface area contributed by atoms with Gasteiger partial charge in [-0.2, -0.15) is 5.26 Å². The zero-order valence-corrected chi connectivity index (χ0v) is 8.73. The lowest BCUT2D eigenvalue weighted by Crippen LogP contribution is -2.08. The summed E-state index contributed by atoms with van der Waals surface area (Å²) < 4.78 is 4.72. The lowest BCUT2D eigenvalue weighted by atomic mass is 10.0. The summed E-state index contributed by atoms with van der Waals surface area (Å²) >= 11 is 0. The summed E-state index contributed by atoms with van der Waals surface area (Å²) in [6.07, 6.45) is 0. The summed E-state index contributed by atoms with van der Waals surface area (Å²) in [5.74, 6) is -1.17. The van der Waals surface area contributed by atoms with Crippen molar-refractivity contribution in [1.82, 2.24) is 0 Å². The maximum absolute atomic E-state index is 11.5. The maximum Gasteiger partial charge on any atom is 0.343 e. The van der Waals surface area contributed by atoms with E-state index in [-0.39, 0.29) is 23.3 Å². The average Bonchev–Trinajstić information content (AvgIpc) is 2.28. The number of aromatic hydroxyl groups is 1. The van der Waals surface area contributed by atoms with E-state index < -0.39 is 18.3 Å². The Morgan fingerprint density at radius 3 is 2.75 bits per heavy atom. The van der Waals surface area contributed by atoms with E-state index in [2.05, 4.69) is 0 Å². The predicted molar refractivity (Wildman–Crippen MR) is 54.7 cm³/mol. The third-order valence-corrected chi connectivity index (χ3v) is 2.03. The Labute approximate surface area is 92.5 Å². The van der Waals surface area contributed by atoms with Crippen molar-refractivity contribution in [2.75, 3.05) is 6.61 Å². The van der Waals surface area contributed by atoms with Gasteiger partial charge in [-0.3, -0.25) is 0 Å². The SMILES string of the molecule is CCOC(=O)c1c(C#N)ccc(CO)c1O. The molecule has 0 saturated heterocycles. The number of hydrogen-bond acceptors (Lipinski definition) is 5. The largest absolute Gasteiger partial charge is 0.507 e. The fourth-order valence-corrected chi connectivity index (χ4v) is 1.26. The molecule has 0 aromatic heterocycles. The highest BCUT2D eigenvalue weighted by Crippen LogP contribution is 2.26. The molecule has 1 aromatic carbocycles. The van der Waals surface area contributed by atoms with Crippen molar-refractivity contribution in [2.24, 2.45) is 0 Å². The molecule has 0 radical (unpaired) electrons. The minimum Gasteiger partial charge on any atom is -0.507 e. The number of hydrogen-bond donors (Lipinski definition) is 2. The van der Waals surface area contributed by atoms with E-state index in [1.807, 2.05) is 0 Å². The number of nitriles is 1. The molecule has 84 valence electrons. The third-order valence-electron chi connectivity index (χ3n) is 2.03. The lowest BCUT2D eigenvalue weighted by molar-refractivity contribution is 0.0522.